The van der Waals surface area contributed by atoms with Gasteiger partial charge in [0, 0.05) is 20.7 Å². The fourth-order valence-corrected chi connectivity index (χ4v) is 2.42. The molecular weight excluding hydrogens is 298 g/mol. The molecule has 0 aliphatic carbocycles. The Kier molecular flexibility index (Phi) is 4.54. The summed E-state index contributed by atoms with van der Waals surface area (Å²) >= 11 is 0. The Morgan fingerprint density at radius 2 is 2.30 bits per heavy atom. The van der Waals surface area contributed by atoms with E-state index >= 15 is 0 Å². The van der Waals surface area contributed by atoms with Crippen molar-refractivity contribution in [3.8, 4) is 0 Å². The Labute approximate surface area is 132 Å². The number of nitrogens with zero attached hydrogens (tertiary/aromatic N) is 4. The van der Waals surface area contributed by atoms with Crippen LogP contribution < -0.4 is 5.56 Å². The summed E-state index contributed by atoms with van der Waals surface area (Å²) in [7, 11) is 3.43. The molecule has 0 aliphatic rings. The van der Waals surface area contributed by atoms with E-state index in [0.717, 1.165) is 5.76 Å². The Morgan fingerprint density at radius 3 is 3.04 bits per heavy atom. The molecule has 0 unspecified atom stereocenters. The molecule has 0 saturated heterocycles. The van der Waals surface area contributed by atoms with Gasteiger partial charge in [-0.3, -0.25) is 14.4 Å². The number of rotatable bonds is 7. The maximum absolute atomic E-state index is 12.1. The third-order valence-electron chi connectivity index (χ3n) is 3.60. The van der Waals surface area contributed by atoms with Crippen LogP contribution in [0.25, 0.3) is 11.0 Å². The van der Waals surface area contributed by atoms with Gasteiger partial charge in [0.05, 0.1) is 32.2 Å². The number of nitrogens with one attached hydrogen (secondary N) is 1. The molecule has 0 spiro atoms. The molecule has 0 radical (unpaired) electrons. The Morgan fingerprint density at radius 1 is 1.43 bits per heavy atom. The minimum atomic E-state index is -0.178. The summed E-state index contributed by atoms with van der Waals surface area (Å²) in [6, 6.07) is 3.77. The van der Waals surface area contributed by atoms with Crippen LogP contribution in [0, 0.1) is 0 Å². The molecule has 23 heavy (non-hydrogen) atoms. The molecule has 8 heteroatoms. The molecule has 0 atom stereocenters. The molecule has 0 saturated carbocycles. The van der Waals surface area contributed by atoms with E-state index in [-0.39, 0.29) is 5.56 Å². The van der Waals surface area contributed by atoms with Crippen LogP contribution in [-0.4, -0.2) is 44.9 Å². The SMILES string of the molecule is COCCN(Cc1nc2c(cnn2C)c(=O)[nH]1)Cc1ccco1. The maximum atomic E-state index is 12.1. The van der Waals surface area contributed by atoms with E-state index in [1.807, 2.05) is 12.1 Å². The lowest BCUT2D eigenvalue weighted by Crippen LogP contribution is -2.28. The average molecular weight is 317 g/mol. The summed E-state index contributed by atoms with van der Waals surface area (Å²) in [5, 5.41) is 4.56. The molecule has 122 valence electrons. The van der Waals surface area contributed by atoms with Crippen molar-refractivity contribution in [2.24, 2.45) is 7.05 Å². The van der Waals surface area contributed by atoms with Crippen LogP contribution in [0.2, 0.25) is 0 Å². The number of ether oxygens (including phenoxy) is 1. The first kappa shape index (κ1) is 15.4. The maximum Gasteiger partial charge on any atom is 0.262 e. The van der Waals surface area contributed by atoms with E-state index < -0.39 is 0 Å². The van der Waals surface area contributed by atoms with Crippen molar-refractivity contribution in [1.82, 2.24) is 24.6 Å². The molecule has 0 bridgehead atoms. The van der Waals surface area contributed by atoms with Crippen molar-refractivity contribution in [1.29, 1.82) is 0 Å². The molecule has 3 aromatic rings. The second-order valence-electron chi connectivity index (χ2n) is 5.30. The first-order chi connectivity index (χ1) is 11.2. The van der Waals surface area contributed by atoms with E-state index in [0.29, 0.717) is 43.1 Å². The van der Waals surface area contributed by atoms with Gasteiger partial charge in [-0.15, -0.1) is 0 Å². The summed E-state index contributed by atoms with van der Waals surface area (Å²) in [5.74, 6) is 1.44. The van der Waals surface area contributed by atoms with E-state index in [9.17, 15) is 4.79 Å². The standard InChI is InChI=1S/C15H19N5O3/c1-19-14-12(8-16-19)15(21)18-13(17-14)10-20(5-7-22-2)9-11-4-3-6-23-11/h3-4,6,8H,5,7,9-10H2,1-2H3,(H,17,18,21). The van der Waals surface area contributed by atoms with Gasteiger partial charge in [0.2, 0.25) is 0 Å². The van der Waals surface area contributed by atoms with Gasteiger partial charge in [-0.25, -0.2) is 4.98 Å². The molecule has 3 aromatic heterocycles. The smallest absolute Gasteiger partial charge is 0.262 e. The van der Waals surface area contributed by atoms with Gasteiger partial charge in [-0.2, -0.15) is 5.10 Å². The van der Waals surface area contributed by atoms with Crippen molar-refractivity contribution in [3.63, 3.8) is 0 Å². The summed E-state index contributed by atoms with van der Waals surface area (Å²) < 4.78 is 12.1. The third kappa shape index (κ3) is 3.49. The molecule has 0 aliphatic heterocycles. The second-order valence-corrected chi connectivity index (χ2v) is 5.30. The molecule has 0 fully saturated rings. The highest BCUT2D eigenvalue weighted by Crippen LogP contribution is 2.10. The van der Waals surface area contributed by atoms with Gasteiger partial charge in [-0.05, 0) is 12.1 Å². The summed E-state index contributed by atoms with van der Waals surface area (Å²) in [4.78, 5) is 21.5. The number of furan rings is 1. The number of methoxy groups -OCH3 is 1. The Bertz CT molecular complexity index is 821. The molecule has 0 aromatic carbocycles. The summed E-state index contributed by atoms with van der Waals surface area (Å²) in [6.45, 7) is 2.38. The second kappa shape index (κ2) is 6.76. The van der Waals surface area contributed by atoms with Crippen LogP contribution >= 0.6 is 0 Å². The number of aromatic amines is 1. The first-order valence-corrected chi connectivity index (χ1v) is 7.32. The Balaban J connectivity index is 1.83. The summed E-state index contributed by atoms with van der Waals surface area (Å²) in [5.41, 5.74) is 0.399. The lowest BCUT2D eigenvalue weighted by atomic mass is 10.3. The van der Waals surface area contributed by atoms with Crippen LogP contribution in [0.15, 0.2) is 33.8 Å². The largest absolute Gasteiger partial charge is 0.468 e. The van der Waals surface area contributed by atoms with Crippen LogP contribution in [0.1, 0.15) is 11.6 Å². The monoisotopic (exact) mass is 317 g/mol. The molecule has 0 amide bonds. The number of aromatic nitrogens is 4. The van der Waals surface area contributed by atoms with Gasteiger partial charge in [0.1, 0.15) is 17.0 Å². The predicted octanol–water partition coefficient (Wildman–Crippen LogP) is 0.898. The first-order valence-electron chi connectivity index (χ1n) is 7.32. The molecular formula is C15H19N5O3. The van der Waals surface area contributed by atoms with Crippen molar-refractivity contribution < 1.29 is 9.15 Å². The average Bonchev–Trinajstić information content (AvgIpc) is 3.16. The van der Waals surface area contributed by atoms with Gasteiger partial charge in [0.15, 0.2) is 5.65 Å². The van der Waals surface area contributed by atoms with Gasteiger partial charge in [0.25, 0.3) is 5.56 Å². The van der Waals surface area contributed by atoms with E-state index in [1.165, 1.54) is 6.20 Å². The fraction of sp³-hybridized carbons (Fsp3) is 0.400. The van der Waals surface area contributed by atoms with Crippen molar-refractivity contribution >= 4 is 11.0 Å². The third-order valence-corrected chi connectivity index (χ3v) is 3.60. The lowest BCUT2D eigenvalue weighted by Gasteiger charge is -2.20. The summed E-state index contributed by atoms with van der Waals surface area (Å²) in [6.07, 6.45) is 3.17. The predicted molar refractivity (Wildman–Crippen MR) is 83.8 cm³/mol. The zero-order chi connectivity index (χ0) is 16.2. The number of aryl methyl sites for hydroxylation is 1. The molecule has 8 nitrogen and oxygen atoms in total. The minimum Gasteiger partial charge on any atom is -0.468 e. The van der Waals surface area contributed by atoms with E-state index in [4.69, 9.17) is 9.15 Å². The highest BCUT2D eigenvalue weighted by molar-refractivity contribution is 5.72. The van der Waals surface area contributed by atoms with Gasteiger partial charge in [-0.1, -0.05) is 0 Å². The van der Waals surface area contributed by atoms with Crippen LogP contribution in [-0.2, 0) is 24.9 Å². The number of fused-ring (bicyclic) bond motifs is 1. The van der Waals surface area contributed by atoms with Gasteiger partial charge >= 0.3 is 0 Å². The Hall–Kier alpha value is -2.45. The lowest BCUT2D eigenvalue weighted by molar-refractivity contribution is 0.133. The zero-order valence-corrected chi connectivity index (χ0v) is 13.2. The van der Waals surface area contributed by atoms with Crippen LogP contribution in [0.3, 0.4) is 0 Å². The zero-order valence-electron chi connectivity index (χ0n) is 13.2. The van der Waals surface area contributed by atoms with Crippen LogP contribution in [0.4, 0.5) is 0 Å². The highest BCUT2D eigenvalue weighted by Gasteiger charge is 2.13. The molecule has 3 heterocycles. The fourth-order valence-electron chi connectivity index (χ4n) is 2.42. The van der Waals surface area contributed by atoms with Crippen molar-refractivity contribution in [2.75, 3.05) is 20.3 Å². The van der Waals surface area contributed by atoms with E-state index in [1.54, 1.807) is 25.1 Å². The number of hydrogen-bond acceptors (Lipinski definition) is 6. The van der Waals surface area contributed by atoms with Crippen molar-refractivity contribution in [2.45, 2.75) is 13.1 Å². The van der Waals surface area contributed by atoms with Crippen molar-refractivity contribution in [3.05, 3.63) is 46.5 Å². The van der Waals surface area contributed by atoms with E-state index in [2.05, 4.69) is 20.0 Å². The quantitative estimate of drug-likeness (QED) is 0.696. The number of H-pyrrole nitrogens is 1. The molecule has 1 N–H and O–H groups in total. The minimum absolute atomic E-state index is 0.178. The van der Waals surface area contributed by atoms with Gasteiger partial charge < -0.3 is 14.1 Å². The number of hydrogen-bond donors (Lipinski definition) is 1. The van der Waals surface area contributed by atoms with Crippen LogP contribution in [0.5, 0.6) is 0 Å². The highest BCUT2D eigenvalue weighted by atomic mass is 16.5. The topological polar surface area (TPSA) is 89.2 Å². The molecule has 3 rings (SSSR count). The normalized spacial score (nSPS) is 11.6.